The third-order valence-corrected chi connectivity index (χ3v) is 7.43. The van der Waals surface area contributed by atoms with Crippen molar-refractivity contribution in [3.63, 3.8) is 0 Å². The van der Waals surface area contributed by atoms with E-state index in [1.165, 1.54) is 24.4 Å². The molecule has 176 valence electrons. The standard InChI is InChI=1S/C24H25ClN6O2S/c1-3-13-10-18-19(20(13)25)22(31-8-6-15(26)12-31)29-24(28-18)34-16-9-14-5-4-7-27-21(14)17(11-16)23(32)30-33-2/h4-5,7,9,11,15H,3,6,8,10,12,26H2,1-2H3,(H,30,32)/t15-/m1/s1. The quantitative estimate of drug-likeness (QED) is 0.390. The molecule has 0 spiro atoms. The minimum Gasteiger partial charge on any atom is -0.354 e. The maximum atomic E-state index is 12.6. The summed E-state index contributed by atoms with van der Waals surface area (Å²) in [7, 11) is 1.40. The van der Waals surface area contributed by atoms with Crippen LogP contribution in [-0.2, 0) is 11.3 Å². The molecule has 5 rings (SSSR count). The van der Waals surface area contributed by atoms with Crippen LogP contribution in [0.15, 0.2) is 46.1 Å². The van der Waals surface area contributed by atoms with Crippen molar-refractivity contribution < 1.29 is 9.63 Å². The molecule has 1 aliphatic carbocycles. The lowest BCUT2D eigenvalue weighted by molar-refractivity contribution is 0.0539. The molecule has 0 radical (unpaired) electrons. The van der Waals surface area contributed by atoms with E-state index in [2.05, 4.69) is 22.3 Å². The minimum atomic E-state index is -0.362. The summed E-state index contributed by atoms with van der Waals surface area (Å²) in [6.07, 6.45) is 4.17. The molecule has 0 bridgehead atoms. The molecule has 1 aliphatic heterocycles. The highest BCUT2D eigenvalue weighted by molar-refractivity contribution is 7.99. The number of allylic oxidation sites excluding steroid dienone is 1. The van der Waals surface area contributed by atoms with Crippen molar-refractivity contribution in [2.45, 2.75) is 42.3 Å². The first kappa shape index (κ1) is 23.0. The summed E-state index contributed by atoms with van der Waals surface area (Å²) >= 11 is 8.18. The summed E-state index contributed by atoms with van der Waals surface area (Å²) in [5, 5.41) is 2.22. The Labute approximate surface area is 206 Å². The molecule has 1 atom stereocenters. The second-order valence-electron chi connectivity index (χ2n) is 8.38. The highest BCUT2D eigenvalue weighted by Gasteiger charge is 2.31. The number of fused-ring (bicyclic) bond motifs is 2. The molecule has 3 heterocycles. The molecule has 1 amide bonds. The van der Waals surface area contributed by atoms with Gasteiger partial charge in [-0.3, -0.25) is 14.6 Å². The van der Waals surface area contributed by atoms with Crippen LogP contribution in [0.3, 0.4) is 0 Å². The first-order chi connectivity index (χ1) is 16.5. The second kappa shape index (κ2) is 9.50. The molecule has 34 heavy (non-hydrogen) atoms. The zero-order valence-corrected chi connectivity index (χ0v) is 20.5. The number of hydroxylamine groups is 1. The molecule has 2 aromatic heterocycles. The van der Waals surface area contributed by atoms with E-state index < -0.39 is 0 Å². The summed E-state index contributed by atoms with van der Waals surface area (Å²) < 4.78 is 0. The summed E-state index contributed by atoms with van der Waals surface area (Å²) in [4.78, 5) is 34.7. The minimum absolute atomic E-state index is 0.117. The van der Waals surface area contributed by atoms with Crippen LogP contribution in [0.5, 0.6) is 0 Å². The van der Waals surface area contributed by atoms with Gasteiger partial charge in [0.25, 0.3) is 5.91 Å². The predicted molar refractivity (Wildman–Crippen MR) is 134 cm³/mol. The number of nitrogens with two attached hydrogens (primary N) is 1. The Morgan fingerprint density at radius 2 is 2.24 bits per heavy atom. The van der Waals surface area contributed by atoms with Crippen LogP contribution in [0.25, 0.3) is 15.9 Å². The van der Waals surface area contributed by atoms with E-state index in [4.69, 9.17) is 32.1 Å². The van der Waals surface area contributed by atoms with Gasteiger partial charge in [-0.15, -0.1) is 0 Å². The van der Waals surface area contributed by atoms with E-state index in [1.807, 2.05) is 18.2 Å². The van der Waals surface area contributed by atoms with Crippen molar-refractivity contribution in [1.82, 2.24) is 20.4 Å². The Balaban J connectivity index is 1.57. The molecule has 1 saturated heterocycles. The summed E-state index contributed by atoms with van der Waals surface area (Å²) in [6, 6.07) is 7.66. The largest absolute Gasteiger partial charge is 0.354 e. The number of halogens is 1. The molecular formula is C24H25ClN6O2S. The highest BCUT2D eigenvalue weighted by atomic mass is 35.5. The molecule has 1 fully saturated rings. The molecule has 8 nitrogen and oxygen atoms in total. The summed E-state index contributed by atoms with van der Waals surface area (Å²) in [6.45, 7) is 3.68. The maximum Gasteiger partial charge on any atom is 0.277 e. The van der Waals surface area contributed by atoms with Crippen LogP contribution < -0.4 is 16.1 Å². The van der Waals surface area contributed by atoms with Crippen LogP contribution in [-0.4, -0.2) is 47.1 Å². The summed E-state index contributed by atoms with van der Waals surface area (Å²) in [5.74, 6) is 0.479. The number of pyridine rings is 1. The average Bonchev–Trinajstić information content (AvgIpc) is 3.41. The number of amides is 1. The van der Waals surface area contributed by atoms with Crippen LogP contribution in [0.1, 0.15) is 41.4 Å². The molecule has 0 unspecified atom stereocenters. The number of benzene rings is 1. The lowest BCUT2D eigenvalue weighted by Crippen LogP contribution is -2.28. The van der Waals surface area contributed by atoms with Gasteiger partial charge < -0.3 is 10.6 Å². The fourth-order valence-corrected chi connectivity index (χ4v) is 5.72. The van der Waals surface area contributed by atoms with Crippen LogP contribution in [0.4, 0.5) is 5.82 Å². The molecule has 2 aliphatic rings. The summed E-state index contributed by atoms with van der Waals surface area (Å²) in [5.41, 5.74) is 12.6. The van der Waals surface area contributed by atoms with E-state index in [1.54, 1.807) is 12.3 Å². The van der Waals surface area contributed by atoms with Gasteiger partial charge in [-0.2, -0.15) is 0 Å². The number of hydrogen-bond acceptors (Lipinski definition) is 8. The number of hydrogen-bond donors (Lipinski definition) is 2. The van der Waals surface area contributed by atoms with Crippen molar-refractivity contribution in [2.75, 3.05) is 25.1 Å². The van der Waals surface area contributed by atoms with Crippen molar-refractivity contribution in [2.24, 2.45) is 5.73 Å². The lowest BCUT2D eigenvalue weighted by atomic mass is 10.1. The van der Waals surface area contributed by atoms with E-state index >= 15 is 0 Å². The molecule has 10 heteroatoms. The smallest absolute Gasteiger partial charge is 0.277 e. The second-order valence-corrected chi connectivity index (χ2v) is 9.80. The van der Waals surface area contributed by atoms with Gasteiger partial charge in [0.1, 0.15) is 5.82 Å². The SMILES string of the molecule is CCC1=C(Cl)c2c(nc(Sc3cc(C(=O)NOC)c4ncccc4c3)nc2N2CC[C@@H](N)C2)C1. The van der Waals surface area contributed by atoms with E-state index in [-0.39, 0.29) is 11.9 Å². The zero-order valence-electron chi connectivity index (χ0n) is 19.0. The first-order valence-corrected chi connectivity index (χ1v) is 12.4. The number of anilines is 1. The number of aromatic nitrogens is 3. The molecule has 0 saturated carbocycles. The first-order valence-electron chi connectivity index (χ1n) is 11.2. The topological polar surface area (TPSA) is 106 Å². The maximum absolute atomic E-state index is 12.6. The van der Waals surface area contributed by atoms with E-state index in [0.717, 1.165) is 64.7 Å². The number of nitrogens with zero attached hydrogens (tertiary/aromatic N) is 4. The third kappa shape index (κ3) is 4.24. The van der Waals surface area contributed by atoms with Gasteiger partial charge in [-0.1, -0.05) is 24.6 Å². The molecular weight excluding hydrogens is 472 g/mol. The zero-order chi connectivity index (χ0) is 23.8. The fourth-order valence-electron chi connectivity index (χ4n) is 4.47. The molecule has 3 aromatic rings. The average molecular weight is 497 g/mol. The third-order valence-electron chi connectivity index (χ3n) is 6.13. The van der Waals surface area contributed by atoms with Gasteiger partial charge in [-0.05, 0) is 48.4 Å². The van der Waals surface area contributed by atoms with Crippen LogP contribution >= 0.6 is 23.4 Å². The Kier molecular flexibility index (Phi) is 6.44. The highest BCUT2D eigenvalue weighted by Crippen LogP contribution is 2.43. The van der Waals surface area contributed by atoms with Gasteiger partial charge in [0.2, 0.25) is 0 Å². The Morgan fingerprint density at radius 3 is 2.97 bits per heavy atom. The van der Waals surface area contributed by atoms with E-state index in [9.17, 15) is 4.79 Å². The Hall–Kier alpha value is -2.72. The van der Waals surface area contributed by atoms with Gasteiger partial charge in [-0.25, -0.2) is 15.4 Å². The van der Waals surface area contributed by atoms with Crippen molar-refractivity contribution >= 4 is 51.0 Å². The van der Waals surface area contributed by atoms with Crippen molar-refractivity contribution in [3.8, 4) is 0 Å². The van der Waals surface area contributed by atoms with Crippen molar-refractivity contribution in [3.05, 3.63) is 52.9 Å². The van der Waals surface area contributed by atoms with Gasteiger partial charge in [0, 0.05) is 42.0 Å². The van der Waals surface area contributed by atoms with Gasteiger partial charge in [0.15, 0.2) is 5.16 Å². The Morgan fingerprint density at radius 1 is 1.38 bits per heavy atom. The number of carbonyl (C=O) groups is 1. The lowest BCUT2D eigenvalue weighted by Gasteiger charge is -2.21. The number of rotatable bonds is 6. The van der Waals surface area contributed by atoms with Crippen LogP contribution in [0, 0.1) is 0 Å². The fraction of sp³-hybridized carbons (Fsp3) is 0.333. The van der Waals surface area contributed by atoms with Gasteiger partial charge >= 0.3 is 0 Å². The Bertz CT molecular complexity index is 1310. The van der Waals surface area contributed by atoms with Gasteiger partial charge in [0.05, 0.1) is 34.5 Å². The monoisotopic (exact) mass is 496 g/mol. The van der Waals surface area contributed by atoms with Crippen LogP contribution in [0.2, 0.25) is 0 Å². The normalized spacial score (nSPS) is 17.5. The number of carbonyl (C=O) groups excluding carboxylic acids is 1. The number of nitrogens with one attached hydrogen (secondary N) is 1. The van der Waals surface area contributed by atoms with E-state index in [0.29, 0.717) is 16.2 Å². The molecule has 1 aromatic carbocycles. The predicted octanol–water partition coefficient (Wildman–Crippen LogP) is 3.92. The molecule has 3 N–H and O–H groups in total. The van der Waals surface area contributed by atoms with Crippen molar-refractivity contribution in [1.29, 1.82) is 0 Å².